The molecular weight excluding hydrogens is 439 g/mol. The van der Waals surface area contributed by atoms with E-state index in [1.54, 1.807) is 30.3 Å². The number of rotatable bonds is 5. The zero-order valence-corrected chi connectivity index (χ0v) is 19.8. The maximum atomic E-state index is 11.3. The van der Waals surface area contributed by atoms with Gasteiger partial charge in [0, 0.05) is 10.8 Å². The van der Waals surface area contributed by atoms with E-state index in [9.17, 15) is 18.1 Å². The average Bonchev–Trinajstić information content (AvgIpc) is 2.77. The summed E-state index contributed by atoms with van der Waals surface area (Å²) in [4.78, 5) is -0.255. The molecular formula is C22H15N4NaO4S. The van der Waals surface area contributed by atoms with Crippen LogP contribution in [0.4, 0.5) is 22.7 Å². The van der Waals surface area contributed by atoms with Gasteiger partial charge in [-0.05, 0) is 42.5 Å². The molecule has 0 amide bonds. The molecule has 0 bridgehead atoms. The van der Waals surface area contributed by atoms with Crippen LogP contribution in [-0.4, -0.2) is 13.0 Å². The van der Waals surface area contributed by atoms with Gasteiger partial charge >= 0.3 is 29.6 Å². The Morgan fingerprint density at radius 2 is 1.22 bits per heavy atom. The second-order valence-electron chi connectivity index (χ2n) is 6.52. The van der Waals surface area contributed by atoms with Crippen LogP contribution in [0.15, 0.2) is 110 Å². The van der Waals surface area contributed by atoms with E-state index < -0.39 is 10.1 Å². The Labute approximate surface area is 206 Å². The first kappa shape index (κ1) is 23.7. The van der Waals surface area contributed by atoms with Gasteiger partial charge in [-0.3, -0.25) is 4.55 Å². The first-order chi connectivity index (χ1) is 14.9. The van der Waals surface area contributed by atoms with Crippen LogP contribution in [0.5, 0.6) is 5.75 Å². The third-order valence-corrected chi connectivity index (χ3v) is 5.23. The maximum absolute atomic E-state index is 11.3. The number of hydrogen-bond acceptors (Lipinski definition) is 7. The Bertz CT molecular complexity index is 1420. The van der Waals surface area contributed by atoms with Gasteiger partial charge in [0.15, 0.2) is 0 Å². The van der Waals surface area contributed by atoms with Gasteiger partial charge in [-0.1, -0.05) is 42.5 Å². The molecule has 0 radical (unpaired) electrons. The molecule has 0 aliphatic carbocycles. The molecule has 8 nitrogen and oxygen atoms in total. The van der Waals surface area contributed by atoms with E-state index in [0.717, 1.165) is 10.8 Å². The summed E-state index contributed by atoms with van der Waals surface area (Å²) in [6.45, 7) is 0. The van der Waals surface area contributed by atoms with Crippen LogP contribution in [-0.2, 0) is 10.1 Å². The molecule has 0 aromatic heterocycles. The minimum Gasteiger partial charge on any atom is -0.872 e. The number of benzene rings is 4. The summed E-state index contributed by atoms with van der Waals surface area (Å²) in [5, 5.41) is 29.6. The molecule has 4 rings (SSSR count). The van der Waals surface area contributed by atoms with Crippen LogP contribution in [0, 0.1) is 0 Å². The Morgan fingerprint density at radius 1 is 0.656 bits per heavy atom. The van der Waals surface area contributed by atoms with E-state index in [0.29, 0.717) is 17.1 Å². The fourth-order valence-electron chi connectivity index (χ4n) is 2.88. The minimum absolute atomic E-state index is 0. The number of fused-ring (bicyclic) bond motifs is 1. The van der Waals surface area contributed by atoms with Gasteiger partial charge in [-0.15, -0.1) is 16.0 Å². The minimum atomic E-state index is -4.32. The SMILES string of the molecule is O=S(=O)(O)c1cccc(N=Nc2ccc(N=Nc3ccc([O-])cc3)c3ccccc23)c1.[Na+]. The maximum Gasteiger partial charge on any atom is 1.00 e. The number of hydrogen-bond donors (Lipinski definition) is 1. The van der Waals surface area contributed by atoms with E-state index in [1.807, 2.05) is 24.3 Å². The van der Waals surface area contributed by atoms with Crippen molar-refractivity contribution in [3.63, 3.8) is 0 Å². The van der Waals surface area contributed by atoms with Gasteiger partial charge in [0.2, 0.25) is 0 Å². The Balaban J connectivity index is 0.00000289. The molecule has 10 heteroatoms. The van der Waals surface area contributed by atoms with E-state index in [2.05, 4.69) is 20.5 Å². The van der Waals surface area contributed by atoms with Crippen LogP contribution in [0.3, 0.4) is 0 Å². The molecule has 0 unspecified atom stereocenters. The van der Waals surface area contributed by atoms with Crippen molar-refractivity contribution in [2.45, 2.75) is 4.90 Å². The van der Waals surface area contributed by atoms with Gasteiger partial charge in [0.05, 0.1) is 27.6 Å². The fraction of sp³-hybridized carbons (Fsp3) is 0. The second-order valence-corrected chi connectivity index (χ2v) is 7.94. The van der Waals surface area contributed by atoms with E-state index in [-0.39, 0.29) is 45.9 Å². The molecule has 4 aromatic carbocycles. The first-order valence-corrected chi connectivity index (χ1v) is 10.5. The molecule has 1 N–H and O–H groups in total. The number of azo groups is 2. The summed E-state index contributed by atoms with van der Waals surface area (Å²) in [5.41, 5.74) is 2.02. The second kappa shape index (κ2) is 10.1. The van der Waals surface area contributed by atoms with Crippen molar-refractivity contribution < 1.29 is 47.6 Å². The predicted molar refractivity (Wildman–Crippen MR) is 114 cm³/mol. The third kappa shape index (κ3) is 5.64. The van der Waals surface area contributed by atoms with Crippen molar-refractivity contribution in [3.05, 3.63) is 84.9 Å². The average molecular weight is 454 g/mol. The summed E-state index contributed by atoms with van der Waals surface area (Å²) in [6.07, 6.45) is 0. The van der Waals surface area contributed by atoms with Gasteiger partial charge in [0.1, 0.15) is 0 Å². The van der Waals surface area contributed by atoms with Crippen molar-refractivity contribution in [2.24, 2.45) is 20.5 Å². The van der Waals surface area contributed by atoms with Gasteiger partial charge in [-0.25, -0.2) is 0 Å². The van der Waals surface area contributed by atoms with Crippen LogP contribution < -0.4 is 34.7 Å². The van der Waals surface area contributed by atoms with E-state index in [4.69, 9.17) is 0 Å². The summed E-state index contributed by atoms with van der Waals surface area (Å²) in [6, 6.07) is 22.5. The van der Waals surface area contributed by atoms with Gasteiger partial charge < -0.3 is 5.11 Å². The van der Waals surface area contributed by atoms with Crippen molar-refractivity contribution in [1.29, 1.82) is 0 Å². The van der Waals surface area contributed by atoms with Crippen LogP contribution >= 0.6 is 0 Å². The Hall–Kier alpha value is -2.95. The third-order valence-electron chi connectivity index (χ3n) is 4.38. The Kier molecular flexibility index (Phi) is 7.49. The van der Waals surface area contributed by atoms with Crippen molar-refractivity contribution >= 4 is 43.6 Å². The van der Waals surface area contributed by atoms with Crippen LogP contribution in [0.25, 0.3) is 10.8 Å². The summed E-state index contributed by atoms with van der Waals surface area (Å²) in [7, 11) is -4.32. The van der Waals surface area contributed by atoms with E-state index in [1.165, 1.54) is 30.3 Å². The number of nitrogens with zero attached hydrogens (tertiary/aromatic N) is 4. The fourth-order valence-corrected chi connectivity index (χ4v) is 3.40. The van der Waals surface area contributed by atoms with Crippen LogP contribution in [0.2, 0.25) is 0 Å². The molecule has 0 saturated heterocycles. The van der Waals surface area contributed by atoms with Gasteiger partial charge in [-0.2, -0.15) is 18.6 Å². The predicted octanol–water partition coefficient (Wildman–Crippen LogP) is 2.99. The first-order valence-electron chi connectivity index (χ1n) is 9.10. The zero-order valence-electron chi connectivity index (χ0n) is 17.0. The summed E-state index contributed by atoms with van der Waals surface area (Å²) >= 11 is 0. The largest absolute Gasteiger partial charge is 1.00 e. The standard InChI is InChI=1S/C22H16N4O4S.Na/c27-17-10-8-15(9-11-17)23-25-21-12-13-22(20-7-2-1-6-19(20)21)26-24-16-4-3-5-18(14-16)31(28,29)30;/h1-14,27H,(H,28,29,30);/q;+1/p-1. The Morgan fingerprint density at radius 3 is 1.78 bits per heavy atom. The molecule has 4 aromatic rings. The zero-order chi connectivity index (χ0) is 21.8. The summed E-state index contributed by atoms with van der Waals surface area (Å²) < 4.78 is 31.8. The van der Waals surface area contributed by atoms with Crippen molar-refractivity contribution in [3.8, 4) is 5.75 Å². The molecule has 0 spiro atoms. The van der Waals surface area contributed by atoms with Crippen molar-refractivity contribution in [2.75, 3.05) is 0 Å². The summed E-state index contributed by atoms with van der Waals surface area (Å²) in [5.74, 6) is -0.0961. The molecule has 0 heterocycles. The molecule has 0 saturated carbocycles. The molecule has 0 fully saturated rings. The normalized spacial score (nSPS) is 11.8. The monoisotopic (exact) mass is 454 g/mol. The van der Waals surface area contributed by atoms with Gasteiger partial charge in [0.25, 0.3) is 10.1 Å². The molecule has 0 atom stereocenters. The molecule has 0 aliphatic rings. The van der Waals surface area contributed by atoms with Crippen molar-refractivity contribution in [1.82, 2.24) is 0 Å². The molecule has 154 valence electrons. The molecule has 0 aliphatic heterocycles. The molecule has 32 heavy (non-hydrogen) atoms. The van der Waals surface area contributed by atoms with Crippen LogP contribution in [0.1, 0.15) is 0 Å². The van der Waals surface area contributed by atoms with E-state index >= 15 is 0 Å². The topological polar surface area (TPSA) is 127 Å². The quantitative estimate of drug-likeness (QED) is 0.282. The smallest absolute Gasteiger partial charge is 0.872 e.